The number of nitrogens with zero attached hydrogens (tertiary/aromatic N) is 3. The third-order valence-corrected chi connectivity index (χ3v) is 7.01. The van der Waals surface area contributed by atoms with Gasteiger partial charge in [0.15, 0.2) is 16.7 Å². The molecule has 3 aromatic rings. The van der Waals surface area contributed by atoms with Crippen LogP contribution in [0.2, 0.25) is 0 Å². The Morgan fingerprint density at radius 3 is 2.84 bits per heavy atom. The number of pyridine rings is 1. The summed E-state index contributed by atoms with van der Waals surface area (Å²) in [6, 6.07) is 11.4. The number of thioether (sulfide) groups is 1. The summed E-state index contributed by atoms with van der Waals surface area (Å²) >= 11 is 3.02. The zero-order valence-electron chi connectivity index (χ0n) is 17.9. The zero-order chi connectivity index (χ0) is 22.3. The predicted molar refractivity (Wildman–Crippen MR) is 129 cm³/mol. The van der Waals surface area contributed by atoms with Crippen LogP contribution in [0.25, 0.3) is 0 Å². The molecule has 1 saturated heterocycles. The standard InChI is InChI=1S/C23H26N4O3S2/c1-27-10-7-16(8-11-27)19-15-32-23(25-19)26-22-20(30-17-5-3-2-4-6-17)13-18(14-24-22)31-12-9-21(28)29/h2-6,13-16H,7-12H2,1H3,(H,28,29)(H,24,25,26). The van der Waals surface area contributed by atoms with Crippen molar-refractivity contribution in [2.45, 2.75) is 30.1 Å². The number of anilines is 2. The Kier molecular flexibility index (Phi) is 7.62. The Labute approximate surface area is 195 Å². The molecule has 2 N–H and O–H groups in total. The fraction of sp³-hybridized carbons (Fsp3) is 0.348. The second kappa shape index (κ2) is 10.8. The number of rotatable bonds is 9. The number of nitrogens with one attached hydrogen (secondary N) is 1. The first-order valence-electron chi connectivity index (χ1n) is 10.6. The maximum Gasteiger partial charge on any atom is 0.304 e. The summed E-state index contributed by atoms with van der Waals surface area (Å²) in [5, 5.41) is 15.1. The van der Waals surface area contributed by atoms with Gasteiger partial charge in [0.25, 0.3) is 0 Å². The average Bonchev–Trinajstić information content (AvgIpc) is 3.25. The lowest BCUT2D eigenvalue weighted by atomic mass is 9.95. The number of piperidine rings is 1. The highest BCUT2D eigenvalue weighted by molar-refractivity contribution is 7.99. The summed E-state index contributed by atoms with van der Waals surface area (Å²) < 4.78 is 6.10. The Hall–Kier alpha value is -2.62. The average molecular weight is 471 g/mol. The van der Waals surface area contributed by atoms with Gasteiger partial charge in [-0.25, -0.2) is 9.97 Å². The van der Waals surface area contributed by atoms with E-state index in [0.717, 1.165) is 41.7 Å². The lowest BCUT2D eigenvalue weighted by Crippen LogP contribution is -2.29. The summed E-state index contributed by atoms with van der Waals surface area (Å²) in [5.41, 5.74) is 1.14. The number of carboxylic acid groups (broad SMARTS) is 1. The second-order valence-corrected chi connectivity index (χ2v) is 9.73. The zero-order valence-corrected chi connectivity index (χ0v) is 19.5. The van der Waals surface area contributed by atoms with Gasteiger partial charge in [-0.2, -0.15) is 0 Å². The number of para-hydroxylation sites is 1. The predicted octanol–water partition coefficient (Wildman–Crippen LogP) is 5.45. The smallest absolute Gasteiger partial charge is 0.304 e. The van der Waals surface area contributed by atoms with E-state index in [1.54, 1.807) is 17.5 Å². The molecule has 32 heavy (non-hydrogen) atoms. The lowest BCUT2D eigenvalue weighted by molar-refractivity contribution is -0.136. The molecule has 3 heterocycles. The van der Waals surface area contributed by atoms with Gasteiger partial charge in [-0.1, -0.05) is 18.2 Å². The number of hydrogen-bond acceptors (Lipinski definition) is 8. The molecule has 7 nitrogen and oxygen atoms in total. The highest BCUT2D eigenvalue weighted by atomic mass is 32.2. The molecule has 0 amide bonds. The molecule has 1 aromatic carbocycles. The van der Waals surface area contributed by atoms with Crippen LogP contribution in [0.4, 0.5) is 10.9 Å². The van der Waals surface area contributed by atoms with Gasteiger partial charge in [-0.3, -0.25) is 4.79 Å². The minimum absolute atomic E-state index is 0.0956. The van der Waals surface area contributed by atoms with Gasteiger partial charge in [-0.05, 0) is 51.2 Å². The largest absolute Gasteiger partial charge is 0.481 e. The first-order chi connectivity index (χ1) is 15.6. The molecule has 0 aliphatic carbocycles. The molecule has 0 spiro atoms. The number of carbonyl (C=O) groups is 1. The van der Waals surface area contributed by atoms with E-state index in [1.807, 2.05) is 36.4 Å². The van der Waals surface area contributed by atoms with E-state index in [2.05, 4.69) is 27.6 Å². The van der Waals surface area contributed by atoms with Crippen LogP contribution >= 0.6 is 23.1 Å². The van der Waals surface area contributed by atoms with E-state index in [9.17, 15) is 4.79 Å². The van der Waals surface area contributed by atoms with Gasteiger partial charge in [0.05, 0.1) is 12.1 Å². The van der Waals surface area contributed by atoms with Crippen molar-refractivity contribution < 1.29 is 14.6 Å². The number of likely N-dealkylation sites (tertiary alicyclic amines) is 1. The first-order valence-corrected chi connectivity index (χ1v) is 12.4. The van der Waals surface area contributed by atoms with Crippen LogP contribution in [0, 0.1) is 0 Å². The number of aliphatic carboxylic acids is 1. The van der Waals surface area contributed by atoms with Crippen molar-refractivity contribution >= 4 is 40.0 Å². The quantitative estimate of drug-likeness (QED) is 0.399. The van der Waals surface area contributed by atoms with Crippen LogP contribution in [0.3, 0.4) is 0 Å². The number of aromatic nitrogens is 2. The van der Waals surface area contributed by atoms with Gasteiger partial charge >= 0.3 is 5.97 Å². The van der Waals surface area contributed by atoms with Crippen molar-refractivity contribution in [2.24, 2.45) is 0 Å². The molecular weight excluding hydrogens is 444 g/mol. The molecule has 0 atom stereocenters. The monoisotopic (exact) mass is 470 g/mol. The van der Waals surface area contributed by atoms with Crippen molar-refractivity contribution in [3.63, 3.8) is 0 Å². The third kappa shape index (κ3) is 6.21. The topological polar surface area (TPSA) is 87.6 Å². The van der Waals surface area contributed by atoms with E-state index in [-0.39, 0.29) is 6.42 Å². The fourth-order valence-corrected chi connectivity index (χ4v) is 5.11. The normalized spacial score (nSPS) is 14.9. The molecule has 0 radical (unpaired) electrons. The summed E-state index contributed by atoms with van der Waals surface area (Å²) in [7, 11) is 2.16. The Balaban J connectivity index is 1.51. The van der Waals surface area contributed by atoms with E-state index in [1.165, 1.54) is 11.8 Å². The van der Waals surface area contributed by atoms with Crippen molar-refractivity contribution in [1.82, 2.24) is 14.9 Å². The van der Waals surface area contributed by atoms with Crippen molar-refractivity contribution in [3.05, 3.63) is 53.7 Å². The minimum atomic E-state index is -0.811. The van der Waals surface area contributed by atoms with Crippen molar-refractivity contribution in [1.29, 1.82) is 0 Å². The van der Waals surface area contributed by atoms with Crippen molar-refractivity contribution in [2.75, 3.05) is 31.2 Å². The molecular formula is C23H26N4O3S2. The SMILES string of the molecule is CN1CCC(c2csc(Nc3ncc(SCCC(=O)O)cc3Oc3ccccc3)n2)CC1. The van der Waals surface area contributed by atoms with Crippen LogP contribution in [-0.4, -0.2) is 51.8 Å². The number of thiazole rings is 1. The van der Waals surface area contributed by atoms with Gasteiger partial charge in [0, 0.05) is 28.1 Å². The van der Waals surface area contributed by atoms with Crippen LogP contribution in [0.15, 0.2) is 52.9 Å². The molecule has 9 heteroatoms. The Morgan fingerprint density at radius 2 is 2.09 bits per heavy atom. The first kappa shape index (κ1) is 22.6. The summed E-state index contributed by atoms with van der Waals surface area (Å²) in [6.45, 7) is 2.20. The fourth-order valence-electron chi connectivity index (χ4n) is 3.49. The summed E-state index contributed by atoms with van der Waals surface area (Å²) in [5.74, 6) is 2.03. The highest BCUT2D eigenvalue weighted by Crippen LogP contribution is 2.36. The minimum Gasteiger partial charge on any atom is -0.481 e. The van der Waals surface area contributed by atoms with Gasteiger partial charge in [-0.15, -0.1) is 23.1 Å². The third-order valence-electron chi connectivity index (χ3n) is 5.27. The molecule has 0 saturated carbocycles. The number of ether oxygens (including phenoxy) is 1. The number of carboxylic acids is 1. The summed E-state index contributed by atoms with van der Waals surface area (Å²) in [4.78, 5) is 23.4. The van der Waals surface area contributed by atoms with Crippen LogP contribution in [0.5, 0.6) is 11.5 Å². The molecule has 1 aliphatic rings. The molecule has 1 aliphatic heterocycles. The Bertz CT molecular complexity index is 1040. The van der Waals surface area contributed by atoms with Crippen LogP contribution in [-0.2, 0) is 4.79 Å². The second-order valence-electron chi connectivity index (χ2n) is 7.71. The van der Waals surface area contributed by atoms with Crippen LogP contribution in [0.1, 0.15) is 30.9 Å². The Morgan fingerprint density at radius 1 is 1.31 bits per heavy atom. The van der Waals surface area contributed by atoms with E-state index in [0.29, 0.717) is 29.0 Å². The molecule has 4 rings (SSSR count). The van der Waals surface area contributed by atoms with Crippen molar-refractivity contribution in [3.8, 4) is 11.5 Å². The number of hydrogen-bond donors (Lipinski definition) is 2. The molecule has 1 fully saturated rings. The maximum atomic E-state index is 10.8. The van der Waals surface area contributed by atoms with Gasteiger partial charge in [0.2, 0.25) is 0 Å². The summed E-state index contributed by atoms with van der Waals surface area (Å²) in [6.07, 6.45) is 4.09. The number of benzene rings is 1. The van der Waals surface area contributed by atoms with E-state index >= 15 is 0 Å². The van der Waals surface area contributed by atoms with Crippen LogP contribution < -0.4 is 10.1 Å². The van der Waals surface area contributed by atoms with E-state index in [4.69, 9.17) is 14.8 Å². The molecule has 0 bridgehead atoms. The van der Waals surface area contributed by atoms with Gasteiger partial charge < -0.3 is 20.1 Å². The molecule has 2 aromatic heterocycles. The molecule has 168 valence electrons. The van der Waals surface area contributed by atoms with E-state index < -0.39 is 5.97 Å². The highest BCUT2D eigenvalue weighted by Gasteiger charge is 2.21. The molecule has 0 unspecified atom stereocenters. The van der Waals surface area contributed by atoms with Gasteiger partial charge in [0.1, 0.15) is 5.75 Å². The maximum absolute atomic E-state index is 10.8. The lowest BCUT2D eigenvalue weighted by Gasteiger charge is -2.27.